The minimum absolute atomic E-state index is 0.0964. The topological polar surface area (TPSA) is 47.6 Å². The van der Waals surface area contributed by atoms with E-state index in [0.717, 1.165) is 52.0 Å². The molecule has 0 spiro atoms. The predicted octanol–water partition coefficient (Wildman–Crippen LogP) is 4.36. The van der Waals surface area contributed by atoms with Crippen LogP contribution in [0.15, 0.2) is 48.5 Å². The first-order valence-corrected chi connectivity index (χ1v) is 11.9. The molecule has 2 aromatic carbocycles. The molecule has 7 heteroatoms. The number of halogens is 2. The Labute approximate surface area is 195 Å². The van der Waals surface area contributed by atoms with Crippen LogP contribution in [0.5, 0.6) is 0 Å². The number of nitrogens with one attached hydrogen (secondary N) is 2. The molecule has 0 unspecified atom stereocenters. The van der Waals surface area contributed by atoms with Crippen molar-refractivity contribution < 1.29 is 13.6 Å². The molecule has 0 bridgehead atoms. The van der Waals surface area contributed by atoms with Crippen LogP contribution in [0.3, 0.4) is 0 Å². The first kappa shape index (κ1) is 23.6. The van der Waals surface area contributed by atoms with Gasteiger partial charge in [0.15, 0.2) is 0 Å². The molecule has 2 aromatic rings. The van der Waals surface area contributed by atoms with E-state index in [-0.39, 0.29) is 23.7 Å². The fourth-order valence-corrected chi connectivity index (χ4v) is 5.23. The summed E-state index contributed by atoms with van der Waals surface area (Å²) >= 11 is 0. The van der Waals surface area contributed by atoms with Crippen LogP contribution in [0.2, 0.25) is 0 Å². The normalized spacial score (nSPS) is 24.4. The van der Waals surface area contributed by atoms with Gasteiger partial charge in [-0.15, -0.1) is 0 Å². The highest BCUT2D eigenvalue weighted by atomic mass is 19.1. The van der Waals surface area contributed by atoms with Crippen LogP contribution >= 0.6 is 0 Å². The average Bonchev–Trinajstić information content (AvgIpc) is 2.79. The Morgan fingerprint density at radius 2 is 1.67 bits per heavy atom. The largest absolute Gasteiger partial charge is 0.335 e. The summed E-state index contributed by atoms with van der Waals surface area (Å²) < 4.78 is 26.3. The monoisotopic (exact) mass is 456 g/mol. The molecular weight excluding hydrogens is 422 g/mol. The van der Waals surface area contributed by atoms with Gasteiger partial charge < -0.3 is 20.4 Å². The molecule has 2 fully saturated rings. The van der Waals surface area contributed by atoms with Crippen molar-refractivity contribution in [3.8, 4) is 0 Å². The molecule has 3 atom stereocenters. The lowest BCUT2D eigenvalue weighted by Crippen LogP contribution is -2.55. The molecule has 2 aliphatic rings. The summed E-state index contributed by atoms with van der Waals surface area (Å²) in [5.74, 6) is 0.397. The van der Waals surface area contributed by atoms with E-state index in [0.29, 0.717) is 17.5 Å². The standard InChI is InChI=1S/C26H34F2N4O/c1-31-14-12-25(30-26(33)29-24-10-8-23(28)9-11-24)21(17-31)18-32-13-2-3-20(16-32)15-19-4-6-22(27)7-5-19/h4-11,20-21,25H,2-3,12-18H2,1H3,(H2,29,30,33)/t20-,21-,25+/m0/s1. The zero-order valence-electron chi connectivity index (χ0n) is 19.3. The Balaban J connectivity index is 1.32. The molecule has 33 heavy (non-hydrogen) atoms. The van der Waals surface area contributed by atoms with Crippen molar-refractivity contribution >= 4 is 11.7 Å². The lowest BCUT2D eigenvalue weighted by atomic mass is 9.88. The minimum atomic E-state index is -0.324. The van der Waals surface area contributed by atoms with E-state index in [4.69, 9.17) is 0 Å². The van der Waals surface area contributed by atoms with Gasteiger partial charge in [-0.2, -0.15) is 0 Å². The zero-order chi connectivity index (χ0) is 23.2. The van der Waals surface area contributed by atoms with Crippen molar-refractivity contribution in [1.82, 2.24) is 15.1 Å². The van der Waals surface area contributed by atoms with Gasteiger partial charge in [0.2, 0.25) is 0 Å². The molecule has 5 nitrogen and oxygen atoms in total. The second-order valence-corrected chi connectivity index (χ2v) is 9.62. The Morgan fingerprint density at radius 3 is 2.39 bits per heavy atom. The SMILES string of the molecule is CN1CC[C@@H](NC(=O)Nc2ccc(F)cc2)[C@H](CN2CCC[C@@H](Cc3ccc(F)cc3)C2)C1. The summed E-state index contributed by atoms with van der Waals surface area (Å²) in [6.07, 6.45) is 4.24. The third kappa shape index (κ3) is 6.98. The van der Waals surface area contributed by atoms with Gasteiger partial charge in [-0.3, -0.25) is 0 Å². The van der Waals surface area contributed by atoms with Crippen LogP contribution in [0, 0.1) is 23.5 Å². The number of hydrogen-bond acceptors (Lipinski definition) is 3. The number of hydrogen-bond donors (Lipinski definition) is 2. The molecule has 2 amide bonds. The Bertz CT molecular complexity index is 906. The first-order chi connectivity index (χ1) is 15.9. The number of urea groups is 1. The van der Waals surface area contributed by atoms with E-state index in [1.54, 1.807) is 24.3 Å². The fraction of sp³-hybridized carbons (Fsp3) is 0.500. The second-order valence-electron chi connectivity index (χ2n) is 9.62. The van der Waals surface area contributed by atoms with Gasteiger partial charge in [0, 0.05) is 37.3 Å². The van der Waals surface area contributed by atoms with Crippen molar-refractivity contribution in [2.45, 2.75) is 31.7 Å². The van der Waals surface area contributed by atoms with Crippen LogP contribution in [0.1, 0.15) is 24.8 Å². The number of nitrogens with zero attached hydrogens (tertiary/aromatic N) is 2. The fourth-order valence-electron chi connectivity index (χ4n) is 5.23. The Kier molecular flexibility index (Phi) is 7.93. The van der Waals surface area contributed by atoms with Crippen molar-refractivity contribution in [3.63, 3.8) is 0 Å². The Morgan fingerprint density at radius 1 is 0.970 bits per heavy atom. The zero-order valence-corrected chi connectivity index (χ0v) is 19.3. The summed E-state index contributed by atoms with van der Waals surface area (Å²) in [7, 11) is 2.13. The maximum absolute atomic E-state index is 13.2. The van der Waals surface area contributed by atoms with E-state index < -0.39 is 0 Å². The predicted molar refractivity (Wildman–Crippen MR) is 127 cm³/mol. The third-order valence-corrected chi connectivity index (χ3v) is 6.89. The number of likely N-dealkylation sites (tertiary alicyclic amines) is 2. The van der Waals surface area contributed by atoms with Crippen LogP contribution in [-0.4, -0.2) is 61.6 Å². The van der Waals surface area contributed by atoms with E-state index in [2.05, 4.69) is 27.5 Å². The maximum Gasteiger partial charge on any atom is 0.319 e. The number of benzene rings is 2. The van der Waals surface area contributed by atoms with Gasteiger partial charge in [0.1, 0.15) is 11.6 Å². The van der Waals surface area contributed by atoms with Gasteiger partial charge in [0.05, 0.1) is 0 Å². The number of carbonyl (C=O) groups is 1. The van der Waals surface area contributed by atoms with Gasteiger partial charge in [0.25, 0.3) is 0 Å². The van der Waals surface area contributed by atoms with Crippen molar-refractivity contribution in [2.24, 2.45) is 11.8 Å². The van der Waals surface area contributed by atoms with Gasteiger partial charge in [-0.25, -0.2) is 13.6 Å². The first-order valence-electron chi connectivity index (χ1n) is 11.9. The van der Waals surface area contributed by atoms with E-state index >= 15 is 0 Å². The molecule has 2 aliphatic heterocycles. The lowest BCUT2D eigenvalue weighted by Gasteiger charge is -2.41. The molecule has 0 aromatic heterocycles. The summed E-state index contributed by atoms with van der Waals surface area (Å²) in [6, 6.07) is 12.5. The maximum atomic E-state index is 13.2. The van der Waals surface area contributed by atoms with Crippen LogP contribution in [0.25, 0.3) is 0 Å². The number of rotatable bonds is 6. The highest BCUT2D eigenvalue weighted by Gasteiger charge is 2.32. The molecule has 0 radical (unpaired) electrons. The highest BCUT2D eigenvalue weighted by Crippen LogP contribution is 2.24. The molecule has 2 heterocycles. The number of piperidine rings is 2. The molecule has 178 valence electrons. The average molecular weight is 457 g/mol. The minimum Gasteiger partial charge on any atom is -0.335 e. The Hall–Kier alpha value is -2.51. The summed E-state index contributed by atoms with van der Waals surface area (Å²) in [4.78, 5) is 17.5. The summed E-state index contributed by atoms with van der Waals surface area (Å²) in [5.41, 5.74) is 1.77. The van der Waals surface area contributed by atoms with Gasteiger partial charge in [-0.1, -0.05) is 12.1 Å². The molecule has 0 saturated carbocycles. The molecular formula is C26H34F2N4O. The van der Waals surface area contributed by atoms with Crippen molar-refractivity contribution in [3.05, 3.63) is 65.7 Å². The van der Waals surface area contributed by atoms with E-state index in [1.807, 2.05) is 12.1 Å². The highest BCUT2D eigenvalue weighted by molar-refractivity contribution is 5.89. The number of amides is 2. The molecule has 2 N–H and O–H groups in total. The third-order valence-electron chi connectivity index (χ3n) is 6.89. The number of carbonyl (C=O) groups excluding carboxylic acids is 1. The van der Waals surface area contributed by atoms with Crippen LogP contribution < -0.4 is 10.6 Å². The molecule has 2 saturated heterocycles. The second kappa shape index (κ2) is 11.1. The smallest absolute Gasteiger partial charge is 0.319 e. The molecule has 4 rings (SSSR count). The van der Waals surface area contributed by atoms with Crippen LogP contribution in [-0.2, 0) is 6.42 Å². The van der Waals surface area contributed by atoms with Gasteiger partial charge in [-0.05, 0) is 93.7 Å². The van der Waals surface area contributed by atoms with E-state index in [1.165, 1.54) is 24.1 Å². The summed E-state index contributed by atoms with van der Waals surface area (Å²) in [6.45, 7) is 4.96. The van der Waals surface area contributed by atoms with Crippen molar-refractivity contribution in [1.29, 1.82) is 0 Å². The van der Waals surface area contributed by atoms with Crippen molar-refractivity contribution in [2.75, 3.05) is 45.1 Å². The summed E-state index contributed by atoms with van der Waals surface area (Å²) in [5, 5.41) is 5.99. The quantitative estimate of drug-likeness (QED) is 0.679. The van der Waals surface area contributed by atoms with Crippen LogP contribution in [0.4, 0.5) is 19.3 Å². The van der Waals surface area contributed by atoms with E-state index in [9.17, 15) is 13.6 Å². The van der Waals surface area contributed by atoms with Gasteiger partial charge >= 0.3 is 6.03 Å². The lowest BCUT2D eigenvalue weighted by molar-refractivity contribution is 0.0958. The molecule has 0 aliphatic carbocycles. The number of anilines is 1.